The highest BCUT2D eigenvalue weighted by Crippen LogP contribution is 2.49. The normalized spacial score (nSPS) is 19.7. The number of carbonyl (C=O) groups excluding carboxylic acids is 2. The maximum Gasteiger partial charge on any atom is 0.410 e. The molecule has 1 amide bonds. The monoisotopic (exact) mass is 529 g/mol. The zero-order valence-electron chi connectivity index (χ0n) is 22.4. The molecule has 2 aliphatic rings. The molecule has 0 aromatic heterocycles. The van der Waals surface area contributed by atoms with Crippen LogP contribution >= 0.6 is 0 Å². The van der Waals surface area contributed by atoms with E-state index in [0.29, 0.717) is 37.5 Å². The van der Waals surface area contributed by atoms with E-state index in [9.17, 15) is 18.4 Å². The summed E-state index contributed by atoms with van der Waals surface area (Å²) in [7, 11) is 0. The lowest BCUT2D eigenvalue weighted by Gasteiger charge is -2.31. The van der Waals surface area contributed by atoms with Gasteiger partial charge in [0.25, 0.3) is 0 Å². The van der Waals surface area contributed by atoms with Gasteiger partial charge in [0.1, 0.15) is 18.0 Å². The SMILES string of the molecule is CC(C)(C)OC(=O)Cc1cc(F)c(OCCC2CC2C2CCN(C(=O)OCc3ccccc3)CC2)cc1F. The van der Waals surface area contributed by atoms with Crippen molar-refractivity contribution in [3.63, 3.8) is 0 Å². The molecule has 0 bridgehead atoms. The van der Waals surface area contributed by atoms with Crippen molar-refractivity contribution in [3.05, 3.63) is 65.2 Å². The van der Waals surface area contributed by atoms with Gasteiger partial charge in [-0.2, -0.15) is 0 Å². The van der Waals surface area contributed by atoms with E-state index in [1.807, 2.05) is 30.3 Å². The second-order valence-electron chi connectivity index (χ2n) is 11.3. The summed E-state index contributed by atoms with van der Waals surface area (Å²) in [6, 6.07) is 11.7. The van der Waals surface area contributed by atoms with E-state index in [-0.39, 0.29) is 30.4 Å². The maximum absolute atomic E-state index is 14.5. The van der Waals surface area contributed by atoms with Crippen molar-refractivity contribution in [2.75, 3.05) is 19.7 Å². The minimum absolute atomic E-state index is 0.0540. The fourth-order valence-corrected chi connectivity index (χ4v) is 5.17. The second-order valence-corrected chi connectivity index (χ2v) is 11.3. The average Bonchev–Trinajstić information content (AvgIpc) is 3.64. The number of esters is 1. The number of piperidine rings is 1. The Morgan fingerprint density at radius 3 is 2.42 bits per heavy atom. The van der Waals surface area contributed by atoms with Crippen LogP contribution in [0.5, 0.6) is 5.75 Å². The van der Waals surface area contributed by atoms with Gasteiger partial charge in [-0.1, -0.05) is 30.3 Å². The molecule has 8 heteroatoms. The van der Waals surface area contributed by atoms with Crippen molar-refractivity contribution >= 4 is 12.1 Å². The van der Waals surface area contributed by atoms with Gasteiger partial charge >= 0.3 is 12.1 Å². The molecular formula is C30H37F2NO5. The number of ether oxygens (including phenoxy) is 3. The third-order valence-corrected chi connectivity index (χ3v) is 7.19. The first-order chi connectivity index (χ1) is 18.1. The van der Waals surface area contributed by atoms with Crippen LogP contribution in [0.1, 0.15) is 57.6 Å². The van der Waals surface area contributed by atoms with Crippen molar-refractivity contribution in [1.29, 1.82) is 0 Å². The van der Waals surface area contributed by atoms with Crippen molar-refractivity contribution in [2.45, 2.75) is 65.1 Å². The molecule has 1 heterocycles. The number of carbonyl (C=O) groups is 2. The maximum atomic E-state index is 14.5. The summed E-state index contributed by atoms with van der Waals surface area (Å²) in [5, 5.41) is 0. The molecule has 0 N–H and O–H groups in total. The van der Waals surface area contributed by atoms with E-state index in [0.717, 1.165) is 43.4 Å². The molecule has 2 unspecified atom stereocenters. The van der Waals surface area contributed by atoms with E-state index in [4.69, 9.17) is 14.2 Å². The summed E-state index contributed by atoms with van der Waals surface area (Å²) >= 11 is 0. The highest BCUT2D eigenvalue weighted by molar-refractivity contribution is 5.73. The van der Waals surface area contributed by atoms with Crippen molar-refractivity contribution in [2.24, 2.45) is 17.8 Å². The molecule has 206 valence electrons. The molecule has 0 spiro atoms. The molecule has 2 aromatic carbocycles. The van der Waals surface area contributed by atoms with Crippen LogP contribution in [-0.2, 0) is 27.3 Å². The molecule has 2 fully saturated rings. The second kappa shape index (κ2) is 12.1. The molecule has 2 atom stereocenters. The molecule has 38 heavy (non-hydrogen) atoms. The topological polar surface area (TPSA) is 65.1 Å². The van der Waals surface area contributed by atoms with Crippen LogP contribution in [-0.4, -0.2) is 42.3 Å². The first kappa shape index (κ1) is 27.9. The number of hydrogen-bond donors (Lipinski definition) is 0. The first-order valence-electron chi connectivity index (χ1n) is 13.4. The number of halogens is 2. The minimum atomic E-state index is -0.693. The van der Waals surface area contributed by atoms with E-state index in [1.165, 1.54) is 0 Å². The molecule has 4 rings (SSSR count). The summed E-state index contributed by atoms with van der Waals surface area (Å²) in [6.07, 6.45) is 3.15. The summed E-state index contributed by atoms with van der Waals surface area (Å²) in [6.45, 7) is 7.12. The van der Waals surface area contributed by atoms with Crippen LogP contribution in [0.15, 0.2) is 42.5 Å². The summed E-state index contributed by atoms with van der Waals surface area (Å²) in [5.74, 6) is -0.502. The largest absolute Gasteiger partial charge is 0.490 e. The van der Waals surface area contributed by atoms with Gasteiger partial charge in [0.05, 0.1) is 13.0 Å². The smallest absolute Gasteiger partial charge is 0.410 e. The summed E-state index contributed by atoms with van der Waals surface area (Å²) in [4.78, 5) is 26.1. The molecule has 6 nitrogen and oxygen atoms in total. The Morgan fingerprint density at radius 1 is 1.03 bits per heavy atom. The van der Waals surface area contributed by atoms with E-state index in [1.54, 1.807) is 25.7 Å². The summed E-state index contributed by atoms with van der Waals surface area (Å²) in [5.41, 5.74) is 0.223. The van der Waals surface area contributed by atoms with E-state index < -0.39 is 23.2 Å². The van der Waals surface area contributed by atoms with Gasteiger partial charge in [0, 0.05) is 24.7 Å². The predicted octanol–water partition coefficient (Wildman–Crippen LogP) is 6.30. The Labute approximate surface area is 223 Å². The number of likely N-dealkylation sites (tertiary alicyclic amines) is 1. The number of rotatable bonds is 9. The third kappa shape index (κ3) is 7.92. The van der Waals surface area contributed by atoms with Crippen molar-refractivity contribution in [3.8, 4) is 5.75 Å². The van der Waals surface area contributed by atoms with Crippen LogP contribution in [0.25, 0.3) is 0 Å². The lowest BCUT2D eigenvalue weighted by Crippen LogP contribution is -2.39. The minimum Gasteiger partial charge on any atom is -0.490 e. The highest BCUT2D eigenvalue weighted by atomic mass is 19.1. The fraction of sp³-hybridized carbons (Fsp3) is 0.533. The number of benzene rings is 2. The molecule has 1 aliphatic carbocycles. The van der Waals surface area contributed by atoms with Gasteiger partial charge in [-0.15, -0.1) is 0 Å². The Morgan fingerprint density at radius 2 is 1.74 bits per heavy atom. The van der Waals surface area contributed by atoms with Crippen molar-refractivity contribution < 1.29 is 32.6 Å². The molecule has 1 aliphatic heterocycles. The Balaban J connectivity index is 1.15. The Kier molecular flexibility index (Phi) is 8.90. The van der Waals surface area contributed by atoms with Crippen LogP contribution in [0, 0.1) is 29.4 Å². The van der Waals surface area contributed by atoms with E-state index >= 15 is 0 Å². The fourth-order valence-electron chi connectivity index (χ4n) is 5.17. The molecule has 2 aromatic rings. The lowest BCUT2D eigenvalue weighted by molar-refractivity contribution is -0.154. The van der Waals surface area contributed by atoms with Gasteiger partial charge in [-0.3, -0.25) is 4.79 Å². The number of amides is 1. The van der Waals surface area contributed by atoms with Gasteiger partial charge < -0.3 is 19.1 Å². The molecular weight excluding hydrogens is 492 g/mol. The van der Waals surface area contributed by atoms with Gasteiger partial charge in [0.15, 0.2) is 11.6 Å². The number of nitrogens with zero attached hydrogens (tertiary/aromatic N) is 1. The molecule has 0 radical (unpaired) electrons. The standard InChI is InChI=1S/C30H37F2NO5/c1-30(2,3)38-28(34)17-23-16-26(32)27(18-25(23)31)36-14-11-22-15-24(22)21-9-12-33(13-10-21)29(35)37-19-20-7-5-4-6-8-20/h4-8,16,18,21-22,24H,9-15,17,19H2,1-3H3. The quantitative estimate of drug-likeness (QED) is 0.357. The van der Waals surface area contributed by atoms with Crippen LogP contribution < -0.4 is 4.74 Å². The Hall–Kier alpha value is -3.16. The van der Waals surface area contributed by atoms with Gasteiger partial charge in [-0.25, -0.2) is 13.6 Å². The number of hydrogen-bond acceptors (Lipinski definition) is 5. The van der Waals surface area contributed by atoms with Crippen molar-refractivity contribution in [1.82, 2.24) is 4.90 Å². The highest BCUT2D eigenvalue weighted by Gasteiger charge is 2.43. The van der Waals surface area contributed by atoms with Gasteiger partial charge in [0.2, 0.25) is 0 Å². The predicted molar refractivity (Wildman–Crippen MR) is 139 cm³/mol. The molecule has 1 saturated carbocycles. The lowest BCUT2D eigenvalue weighted by atomic mass is 9.91. The molecule has 1 saturated heterocycles. The zero-order valence-corrected chi connectivity index (χ0v) is 22.4. The van der Waals surface area contributed by atoms with E-state index in [2.05, 4.69) is 0 Å². The van der Waals surface area contributed by atoms with Crippen LogP contribution in [0.3, 0.4) is 0 Å². The zero-order chi connectivity index (χ0) is 27.3. The first-order valence-corrected chi connectivity index (χ1v) is 13.4. The van der Waals surface area contributed by atoms with Gasteiger partial charge in [-0.05, 0) is 75.8 Å². The third-order valence-electron chi connectivity index (χ3n) is 7.19. The summed E-state index contributed by atoms with van der Waals surface area (Å²) < 4.78 is 45.1. The average molecular weight is 530 g/mol. The Bertz CT molecular complexity index is 1110. The van der Waals surface area contributed by atoms with Crippen LogP contribution in [0.2, 0.25) is 0 Å². The van der Waals surface area contributed by atoms with Crippen LogP contribution in [0.4, 0.5) is 13.6 Å².